The van der Waals surface area contributed by atoms with Gasteiger partial charge in [0.2, 0.25) is 5.95 Å². The average Bonchev–Trinajstić information content (AvgIpc) is 3.63. The van der Waals surface area contributed by atoms with E-state index in [4.69, 9.17) is 4.52 Å². The van der Waals surface area contributed by atoms with Crippen molar-refractivity contribution in [3.8, 4) is 28.3 Å². The number of fused-ring (bicyclic) bond motifs is 1. The van der Waals surface area contributed by atoms with Gasteiger partial charge in [0.05, 0.1) is 5.69 Å². The summed E-state index contributed by atoms with van der Waals surface area (Å²) in [4.78, 5) is 13.7. The molecule has 1 aliphatic rings. The van der Waals surface area contributed by atoms with Crippen LogP contribution in [0, 0.1) is 5.92 Å². The monoisotopic (exact) mass is 498 g/mol. The predicted molar refractivity (Wildman–Crippen MR) is 140 cm³/mol. The van der Waals surface area contributed by atoms with Gasteiger partial charge in [0.1, 0.15) is 22.0 Å². The first-order valence-corrected chi connectivity index (χ1v) is 12.9. The second kappa shape index (κ2) is 9.31. The van der Waals surface area contributed by atoms with Crippen LogP contribution in [0.15, 0.2) is 59.4 Å². The molecule has 8 nitrogen and oxygen atoms in total. The quantitative estimate of drug-likeness (QED) is 0.318. The number of thiophene rings is 1. The molecule has 9 heteroatoms. The van der Waals surface area contributed by atoms with Gasteiger partial charge in [-0.2, -0.15) is 0 Å². The van der Waals surface area contributed by atoms with Gasteiger partial charge in [-0.25, -0.2) is 9.97 Å². The molecule has 1 aromatic carbocycles. The molecule has 0 bridgehead atoms. The minimum atomic E-state index is 0.207. The molecule has 0 aliphatic carbocycles. The van der Waals surface area contributed by atoms with Crippen molar-refractivity contribution in [3.05, 3.63) is 65.5 Å². The zero-order chi connectivity index (χ0) is 24.6. The summed E-state index contributed by atoms with van der Waals surface area (Å²) >= 11 is 1.68. The van der Waals surface area contributed by atoms with Gasteiger partial charge in [-0.05, 0) is 36.6 Å². The van der Waals surface area contributed by atoms with E-state index in [-0.39, 0.29) is 5.75 Å². The number of aromatic nitrogens is 5. The lowest BCUT2D eigenvalue weighted by Crippen LogP contribution is -2.21. The molecule has 4 aromatic heterocycles. The third-order valence-corrected chi connectivity index (χ3v) is 7.65. The predicted octanol–water partition coefficient (Wildman–Crippen LogP) is 5.70. The molecule has 1 saturated heterocycles. The average molecular weight is 499 g/mol. The molecule has 1 fully saturated rings. The highest BCUT2D eigenvalue weighted by atomic mass is 32.1. The number of anilines is 1. The molecular formula is C27H26N6O2S. The maximum Gasteiger partial charge on any atom is 0.225 e. The molecule has 1 aliphatic heterocycles. The lowest BCUT2D eigenvalue weighted by Gasteiger charge is -2.15. The number of rotatable bonds is 6. The molecule has 0 spiro atoms. The first-order valence-electron chi connectivity index (χ1n) is 12.1. The Bertz CT molecular complexity index is 1510. The van der Waals surface area contributed by atoms with Crippen molar-refractivity contribution in [1.29, 1.82) is 0 Å². The van der Waals surface area contributed by atoms with E-state index in [0.717, 1.165) is 59.1 Å². The van der Waals surface area contributed by atoms with Crippen molar-refractivity contribution in [3.63, 3.8) is 0 Å². The van der Waals surface area contributed by atoms with Gasteiger partial charge < -0.3 is 14.5 Å². The first-order chi connectivity index (χ1) is 17.5. The second-order valence-corrected chi connectivity index (χ2v) is 10.7. The summed E-state index contributed by atoms with van der Waals surface area (Å²) < 4.78 is 5.45. The van der Waals surface area contributed by atoms with Gasteiger partial charge in [-0.15, -0.1) is 21.5 Å². The van der Waals surface area contributed by atoms with Crippen LogP contribution in [-0.4, -0.2) is 43.5 Å². The maximum atomic E-state index is 10.2. The van der Waals surface area contributed by atoms with E-state index in [1.165, 1.54) is 4.88 Å². The fourth-order valence-electron chi connectivity index (χ4n) is 4.63. The minimum Gasteiger partial charge on any atom is -0.507 e. The van der Waals surface area contributed by atoms with Gasteiger partial charge in [0.15, 0.2) is 0 Å². The highest BCUT2D eigenvalue weighted by molar-refractivity contribution is 7.18. The van der Waals surface area contributed by atoms with Crippen LogP contribution in [0.5, 0.6) is 5.75 Å². The lowest BCUT2D eigenvalue weighted by molar-refractivity contribution is 0.370. The van der Waals surface area contributed by atoms with E-state index in [1.54, 1.807) is 23.5 Å². The number of para-hydroxylation sites is 1. The van der Waals surface area contributed by atoms with Crippen LogP contribution < -0.4 is 4.90 Å². The van der Waals surface area contributed by atoms with Gasteiger partial charge in [0, 0.05) is 65.3 Å². The molecule has 5 heterocycles. The van der Waals surface area contributed by atoms with Crippen LogP contribution in [0.4, 0.5) is 5.95 Å². The van der Waals surface area contributed by atoms with Crippen LogP contribution in [0.3, 0.4) is 0 Å². The summed E-state index contributed by atoms with van der Waals surface area (Å²) in [7, 11) is 0. The Hall–Kier alpha value is -3.85. The topological polar surface area (TPSA) is 101 Å². The summed E-state index contributed by atoms with van der Waals surface area (Å²) in [5.41, 5.74) is 2.99. The fraction of sp³-hybridized carbons (Fsp3) is 0.296. The smallest absolute Gasteiger partial charge is 0.225 e. The van der Waals surface area contributed by atoms with Crippen LogP contribution in [0.25, 0.3) is 32.7 Å². The largest absolute Gasteiger partial charge is 0.507 e. The molecule has 5 aromatic rings. The molecule has 6 rings (SSSR count). The summed E-state index contributed by atoms with van der Waals surface area (Å²) in [5.74, 6) is 2.72. The van der Waals surface area contributed by atoms with Crippen molar-refractivity contribution in [2.75, 3.05) is 18.0 Å². The highest BCUT2D eigenvalue weighted by Crippen LogP contribution is 2.37. The molecule has 1 N–H and O–H groups in total. The first kappa shape index (κ1) is 22.6. The summed E-state index contributed by atoms with van der Waals surface area (Å²) in [6, 6.07) is 13.4. The standard InChI is InChI=1S/C27H26N6O2S/c1-16(2)9-20-12-22(32-35-20)19-13-28-27(29-14-19)33-8-7-17(15-33)25-11-18-10-23(30-31-26(18)36-25)21-5-3-4-6-24(21)34/h3-6,10-14,16-17,34H,7-9,15H2,1-2H3. The summed E-state index contributed by atoms with van der Waals surface area (Å²) in [6.07, 6.45) is 5.53. The minimum absolute atomic E-state index is 0.207. The van der Waals surface area contributed by atoms with E-state index >= 15 is 0 Å². The number of phenolic OH excluding ortho intramolecular Hbond substituents is 1. The number of aromatic hydroxyl groups is 1. The maximum absolute atomic E-state index is 10.2. The van der Waals surface area contributed by atoms with E-state index in [0.29, 0.717) is 23.1 Å². The molecule has 0 radical (unpaired) electrons. The zero-order valence-electron chi connectivity index (χ0n) is 20.1. The highest BCUT2D eigenvalue weighted by Gasteiger charge is 2.27. The molecule has 0 amide bonds. The van der Waals surface area contributed by atoms with E-state index in [2.05, 4.69) is 50.1 Å². The molecule has 36 heavy (non-hydrogen) atoms. The summed E-state index contributed by atoms with van der Waals surface area (Å²) in [5, 5.41) is 24.2. The van der Waals surface area contributed by atoms with E-state index in [9.17, 15) is 5.11 Å². The molecule has 1 unspecified atom stereocenters. The third kappa shape index (κ3) is 4.42. The molecule has 0 saturated carbocycles. The second-order valence-electron chi connectivity index (χ2n) is 9.64. The Labute approximate surface area is 212 Å². The Morgan fingerprint density at radius 2 is 1.92 bits per heavy atom. The van der Waals surface area contributed by atoms with Gasteiger partial charge in [-0.3, -0.25) is 0 Å². The SMILES string of the molecule is CC(C)Cc1cc(-c2cnc(N3CCC(c4cc5cc(-c6ccccc6O)nnc5s4)C3)nc2)no1. The van der Waals surface area contributed by atoms with E-state index in [1.807, 2.05) is 36.7 Å². The molecule has 1 atom stereocenters. The number of phenols is 1. The molecule has 182 valence electrons. The van der Waals surface area contributed by atoms with Gasteiger partial charge >= 0.3 is 0 Å². The van der Waals surface area contributed by atoms with Crippen molar-refractivity contribution in [2.24, 2.45) is 5.92 Å². The Morgan fingerprint density at radius 3 is 2.72 bits per heavy atom. The van der Waals surface area contributed by atoms with Gasteiger partial charge in [0.25, 0.3) is 0 Å². The number of hydrogen-bond donors (Lipinski definition) is 1. The van der Waals surface area contributed by atoms with Crippen molar-refractivity contribution >= 4 is 27.5 Å². The van der Waals surface area contributed by atoms with Crippen molar-refractivity contribution in [1.82, 2.24) is 25.3 Å². The number of benzene rings is 1. The Balaban J connectivity index is 1.16. The van der Waals surface area contributed by atoms with Crippen LogP contribution in [0.2, 0.25) is 0 Å². The fourth-order valence-corrected chi connectivity index (χ4v) is 5.72. The van der Waals surface area contributed by atoms with Crippen molar-refractivity contribution < 1.29 is 9.63 Å². The zero-order valence-corrected chi connectivity index (χ0v) is 20.9. The Morgan fingerprint density at radius 1 is 1.08 bits per heavy atom. The van der Waals surface area contributed by atoms with Crippen LogP contribution in [0.1, 0.15) is 36.8 Å². The van der Waals surface area contributed by atoms with E-state index < -0.39 is 0 Å². The van der Waals surface area contributed by atoms with Crippen LogP contribution in [-0.2, 0) is 6.42 Å². The molecular weight excluding hydrogens is 472 g/mol. The Kier molecular flexibility index (Phi) is 5.85. The third-order valence-electron chi connectivity index (χ3n) is 6.46. The number of nitrogens with zero attached hydrogens (tertiary/aromatic N) is 6. The summed E-state index contributed by atoms with van der Waals surface area (Å²) in [6.45, 7) is 6.07. The van der Waals surface area contributed by atoms with Crippen LogP contribution >= 0.6 is 11.3 Å². The lowest BCUT2D eigenvalue weighted by atomic mass is 10.1. The van der Waals surface area contributed by atoms with Gasteiger partial charge in [-0.1, -0.05) is 31.1 Å². The normalized spacial score (nSPS) is 15.9. The van der Waals surface area contributed by atoms with Crippen molar-refractivity contribution in [2.45, 2.75) is 32.6 Å². The number of hydrogen-bond acceptors (Lipinski definition) is 9.